The maximum absolute atomic E-state index is 11.9. The van der Waals surface area contributed by atoms with Crippen LogP contribution in [0.4, 0.5) is 0 Å². The summed E-state index contributed by atoms with van der Waals surface area (Å²) < 4.78 is 23.8. The Hall–Kier alpha value is -0.870. The molecule has 0 bridgehead atoms. The molecule has 15 heavy (non-hydrogen) atoms. The van der Waals surface area contributed by atoms with Crippen LogP contribution in [0.1, 0.15) is 24.2 Å². The van der Waals surface area contributed by atoms with E-state index in [0.29, 0.717) is 6.42 Å². The van der Waals surface area contributed by atoms with Crippen molar-refractivity contribution in [2.24, 2.45) is 5.73 Å². The fourth-order valence-corrected chi connectivity index (χ4v) is 3.30. The molecule has 0 fully saturated rings. The number of sulfone groups is 1. The molecule has 0 amide bonds. The van der Waals surface area contributed by atoms with E-state index in [4.69, 9.17) is 5.73 Å². The molecule has 2 N–H and O–H groups in total. The molecule has 0 radical (unpaired) electrons. The van der Waals surface area contributed by atoms with Gasteiger partial charge in [0.15, 0.2) is 9.84 Å². The monoisotopic (exact) mass is 227 g/mol. The molecule has 0 aliphatic heterocycles. The zero-order valence-corrected chi connectivity index (χ0v) is 9.70. The third kappa shape index (κ3) is 3.04. The van der Waals surface area contributed by atoms with E-state index in [1.807, 2.05) is 37.3 Å². The Morgan fingerprint density at radius 1 is 1.27 bits per heavy atom. The number of hydrogen-bond acceptors (Lipinski definition) is 3. The standard InChI is InChI=1S/C11H17NO2S/c1-2-8-15(13,14)11(9-12)10-6-4-3-5-7-10/h3-7,11H,2,8-9,12H2,1H3. The zero-order valence-electron chi connectivity index (χ0n) is 8.89. The van der Waals surface area contributed by atoms with Crippen molar-refractivity contribution >= 4 is 9.84 Å². The summed E-state index contributed by atoms with van der Waals surface area (Å²) in [6.07, 6.45) is 0.631. The molecule has 0 saturated carbocycles. The maximum Gasteiger partial charge on any atom is 0.158 e. The lowest BCUT2D eigenvalue weighted by atomic mass is 10.1. The second-order valence-corrected chi connectivity index (χ2v) is 5.81. The van der Waals surface area contributed by atoms with Crippen LogP contribution in [0.3, 0.4) is 0 Å². The first-order valence-corrected chi connectivity index (χ1v) is 6.80. The minimum absolute atomic E-state index is 0.145. The van der Waals surface area contributed by atoms with Gasteiger partial charge in [0.25, 0.3) is 0 Å². The number of benzene rings is 1. The van der Waals surface area contributed by atoms with E-state index in [1.54, 1.807) is 0 Å². The SMILES string of the molecule is CCCS(=O)(=O)C(CN)c1ccccc1. The van der Waals surface area contributed by atoms with Gasteiger partial charge in [-0.05, 0) is 12.0 Å². The summed E-state index contributed by atoms with van der Waals surface area (Å²) in [6, 6.07) is 9.15. The molecule has 1 aromatic carbocycles. The van der Waals surface area contributed by atoms with E-state index in [0.717, 1.165) is 5.56 Å². The molecule has 4 heteroatoms. The molecular weight excluding hydrogens is 210 g/mol. The van der Waals surface area contributed by atoms with Crippen molar-refractivity contribution in [2.45, 2.75) is 18.6 Å². The molecule has 1 unspecified atom stereocenters. The van der Waals surface area contributed by atoms with Gasteiger partial charge in [-0.1, -0.05) is 37.3 Å². The first kappa shape index (κ1) is 12.2. The zero-order chi connectivity index (χ0) is 11.3. The summed E-state index contributed by atoms with van der Waals surface area (Å²) in [6.45, 7) is 2.00. The van der Waals surface area contributed by atoms with Gasteiger partial charge in [0, 0.05) is 6.54 Å². The Labute approximate surface area is 91.2 Å². The third-order valence-electron chi connectivity index (χ3n) is 2.31. The molecule has 1 rings (SSSR count). The summed E-state index contributed by atoms with van der Waals surface area (Å²) in [5.41, 5.74) is 6.33. The van der Waals surface area contributed by atoms with Crippen molar-refractivity contribution in [3.05, 3.63) is 35.9 Å². The first-order chi connectivity index (χ1) is 7.11. The van der Waals surface area contributed by atoms with Crippen LogP contribution >= 0.6 is 0 Å². The Kier molecular flexibility index (Phi) is 4.29. The number of rotatable bonds is 5. The Bertz CT molecular complexity index is 386. The lowest BCUT2D eigenvalue weighted by Crippen LogP contribution is -2.24. The van der Waals surface area contributed by atoms with Crippen molar-refractivity contribution in [1.82, 2.24) is 0 Å². The highest BCUT2D eigenvalue weighted by molar-refractivity contribution is 7.91. The van der Waals surface area contributed by atoms with Crippen LogP contribution in [0, 0.1) is 0 Å². The maximum atomic E-state index is 11.9. The van der Waals surface area contributed by atoms with Crippen LogP contribution in [0.15, 0.2) is 30.3 Å². The topological polar surface area (TPSA) is 60.2 Å². The lowest BCUT2D eigenvalue weighted by molar-refractivity contribution is 0.581. The quantitative estimate of drug-likeness (QED) is 0.829. The number of nitrogens with two attached hydrogens (primary N) is 1. The van der Waals surface area contributed by atoms with E-state index in [2.05, 4.69) is 0 Å². The minimum Gasteiger partial charge on any atom is -0.329 e. The Balaban J connectivity index is 3.00. The molecule has 0 saturated heterocycles. The van der Waals surface area contributed by atoms with E-state index in [1.165, 1.54) is 0 Å². The second kappa shape index (κ2) is 5.28. The second-order valence-electron chi connectivity index (χ2n) is 3.50. The molecule has 0 aliphatic carbocycles. The molecule has 0 aliphatic rings. The molecule has 1 aromatic rings. The molecule has 0 heterocycles. The average molecular weight is 227 g/mol. The highest BCUT2D eigenvalue weighted by Crippen LogP contribution is 2.22. The summed E-state index contributed by atoms with van der Waals surface area (Å²) in [4.78, 5) is 0. The summed E-state index contributed by atoms with van der Waals surface area (Å²) in [7, 11) is -3.10. The van der Waals surface area contributed by atoms with Gasteiger partial charge in [0.1, 0.15) is 0 Å². The fourth-order valence-electron chi connectivity index (χ4n) is 1.58. The van der Waals surface area contributed by atoms with Crippen molar-refractivity contribution in [3.8, 4) is 0 Å². The number of hydrogen-bond donors (Lipinski definition) is 1. The van der Waals surface area contributed by atoms with E-state index in [9.17, 15) is 8.42 Å². The van der Waals surface area contributed by atoms with Gasteiger partial charge in [0.05, 0.1) is 11.0 Å². The van der Waals surface area contributed by atoms with Crippen molar-refractivity contribution < 1.29 is 8.42 Å². The van der Waals surface area contributed by atoms with Gasteiger partial charge >= 0.3 is 0 Å². The van der Waals surface area contributed by atoms with Gasteiger partial charge in [-0.15, -0.1) is 0 Å². The molecule has 84 valence electrons. The van der Waals surface area contributed by atoms with Gasteiger partial charge in [-0.2, -0.15) is 0 Å². The minimum atomic E-state index is -3.10. The highest BCUT2D eigenvalue weighted by Gasteiger charge is 2.24. The molecule has 0 aromatic heterocycles. The smallest absolute Gasteiger partial charge is 0.158 e. The van der Waals surface area contributed by atoms with Crippen LogP contribution in [0.5, 0.6) is 0 Å². The van der Waals surface area contributed by atoms with Crippen LogP contribution in [-0.2, 0) is 9.84 Å². The largest absolute Gasteiger partial charge is 0.329 e. The fraction of sp³-hybridized carbons (Fsp3) is 0.455. The normalized spacial score (nSPS) is 13.7. The predicted octanol–water partition coefficient (Wildman–Crippen LogP) is 1.51. The highest BCUT2D eigenvalue weighted by atomic mass is 32.2. The molecular formula is C11H17NO2S. The van der Waals surface area contributed by atoms with Crippen molar-refractivity contribution in [1.29, 1.82) is 0 Å². The lowest BCUT2D eigenvalue weighted by Gasteiger charge is -2.15. The van der Waals surface area contributed by atoms with Crippen LogP contribution in [0.25, 0.3) is 0 Å². The van der Waals surface area contributed by atoms with Gasteiger partial charge in [-0.25, -0.2) is 8.42 Å². The van der Waals surface area contributed by atoms with Crippen molar-refractivity contribution in [2.75, 3.05) is 12.3 Å². The van der Waals surface area contributed by atoms with E-state index >= 15 is 0 Å². The van der Waals surface area contributed by atoms with Crippen molar-refractivity contribution in [3.63, 3.8) is 0 Å². The molecule has 1 atom stereocenters. The first-order valence-electron chi connectivity index (χ1n) is 5.08. The predicted molar refractivity (Wildman–Crippen MR) is 62.3 cm³/mol. The van der Waals surface area contributed by atoms with Crippen LogP contribution in [0.2, 0.25) is 0 Å². The molecule has 0 spiro atoms. The third-order valence-corrected chi connectivity index (χ3v) is 4.62. The summed E-state index contributed by atoms with van der Waals surface area (Å²) in [5.74, 6) is 0.198. The van der Waals surface area contributed by atoms with E-state index < -0.39 is 15.1 Å². The van der Waals surface area contributed by atoms with Gasteiger partial charge in [0.2, 0.25) is 0 Å². The van der Waals surface area contributed by atoms with Crippen LogP contribution < -0.4 is 5.73 Å². The van der Waals surface area contributed by atoms with Gasteiger partial charge < -0.3 is 5.73 Å². The Morgan fingerprint density at radius 3 is 2.33 bits per heavy atom. The molecule has 3 nitrogen and oxygen atoms in total. The van der Waals surface area contributed by atoms with E-state index in [-0.39, 0.29) is 12.3 Å². The van der Waals surface area contributed by atoms with Gasteiger partial charge in [-0.3, -0.25) is 0 Å². The summed E-state index contributed by atoms with van der Waals surface area (Å²) >= 11 is 0. The summed E-state index contributed by atoms with van der Waals surface area (Å²) in [5, 5.41) is -0.557. The Morgan fingerprint density at radius 2 is 1.87 bits per heavy atom. The average Bonchev–Trinajstić information content (AvgIpc) is 2.19. The van der Waals surface area contributed by atoms with Crippen LogP contribution in [-0.4, -0.2) is 20.7 Å².